The van der Waals surface area contributed by atoms with Gasteiger partial charge >= 0.3 is 0 Å². The van der Waals surface area contributed by atoms with Crippen LogP contribution in [0.25, 0.3) is 0 Å². The maximum atomic E-state index is 5.99. The summed E-state index contributed by atoms with van der Waals surface area (Å²) >= 11 is 0. The Balaban J connectivity index is 1.88. The molecule has 1 saturated heterocycles. The van der Waals surface area contributed by atoms with Crippen molar-refractivity contribution >= 4 is 0 Å². The van der Waals surface area contributed by atoms with Crippen molar-refractivity contribution in [3.63, 3.8) is 0 Å². The summed E-state index contributed by atoms with van der Waals surface area (Å²) in [6.45, 7) is 8.73. The molecule has 18 heavy (non-hydrogen) atoms. The van der Waals surface area contributed by atoms with E-state index in [4.69, 9.17) is 4.74 Å². The number of likely N-dealkylation sites (tertiary alicyclic amines) is 1. The highest BCUT2D eigenvalue weighted by Crippen LogP contribution is 2.22. The number of nitrogens with zero attached hydrogens (tertiary/aromatic N) is 1. The summed E-state index contributed by atoms with van der Waals surface area (Å²) in [5.41, 5.74) is 2.63. The van der Waals surface area contributed by atoms with E-state index < -0.39 is 0 Å². The number of aryl methyl sites for hydroxylation is 2. The molecule has 0 amide bonds. The lowest BCUT2D eigenvalue weighted by Gasteiger charge is -2.16. The van der Waals surface area contributed by atoms with Crippen molar-refractivity contribution in [1.82, 2.24) is 4.90 Å². The molecule has 1 heterocycles. The third-order valence-electron chi connectivity index (χ3n) is 3.61. The van der Waals surface area contributed by atoms with Crippen molar-refractivity contribution in [2.75, 3.05) is 26.2 Å². The average Bonchev–Trinajstić information content (AvgIpc) is 2.86. The normalized spacial score (nSPS) is 16.1. The molecule has 1 fully saturated rings. The minimum absolute atomic E-state index is 0.820. The van der Waals surface area contributed by atoms with Crippen molar-refractivity contribution in [3.8, 4) is 5.75 Å². The smallest absolute Gasteiger partial charge is 0.122 e. The minimum atomic E-state index is 0.820. The lowest BCUT2D eigenvalue weighted by Crippen LogP contribution is -2.25. The molecule has 0 bridgehead atoms. The van der Waals surface area contributed by atoms with Gasteiger partial charge in [0, 0.05) is 6.54 Å². The predicted octanol–water partition coefficient (Wildman–Crippen LogP) is 3.42. The molecule has 0 N–H and O–H groups in total. The maximum absolute atomic E-state index is 5.99. The first-order valence-electron chi connectivity index (χ1n) is 7.24. The van der Waals surface area contributed by atoms with Gasteiger partial charge in [-0.25, -0.2) is 0 Å². The SMILES string of the molecule is CCCc1ccc(C)cc1OCCN1CCCC1. The van der Waals surface area contributed by atoms with Crippen LogP contribution in [0, 0.1) is 6.92 Å². The minimum Gasteiger partial charge on any atom is -0.492 e. The number of hydrogen-bond acceptors (Lipinski definition) is 2. The number of rotatable bonds is 6. The van der Waals surface area contributed by atoms with E-state index in [0.717, 1.165) is 25.3 Å². The third kappa shape index (κ3) is 3.74. The molecule has 2 heteroatoms. The summed E-state index contributed by atoms with van der Waals surface area (Å²) in [5.74, 6) is 1.09. The molecule has 0 aromatic heterocycles. The summed E-state index contributed by atoms with van der Waals surface area (Å²) in [7, 11) is 0. The fraction of sp³-hybridized carbons (Fsp3) is 0.625. The van der Waals surface area contributed by atoms with Gasteiger partial charge in [-0.15, -0.1) is 0 Å². The van der Waals surface area contributed by atoms with Crippen molar-refractivity contribution in [2.24, 2.45) is 0 Å². The molecule has 1 aliphatic rings. The molecule has 0 atom stereocenters. The van der Waals surface area contributed by atoms with E-state index in [9.17, 15) is 0 Å². The second kappa shape index (κ2) is 6.79. The Morgan fingerprint density at radius 2 is 2.00 bits per heavy atom. The molecule has 2 nitrogen and oxygen atoms in total. The first-order valence-corrected chi connectivity index (χ1v) is 7.24. The molecular formula is C16H25NO. The second-order valence-electron chi connectivity index (χ2n) is 5.26. The summed E-state index contributed by atoms with van der Waals surface area (Å²) in [6, 6.07) is 6.57. The van der Waals surface area contributed by atoms with Gasteiger partial charge in [0.1, 0.15) is 12.4 Å². The Kier molecular flexibility index (Phi) is 5.06. The maximum Gasteiger partial charge on any atom is 0.122 e. The molecule has 0 aliphatic carbocycles. The van der Waals surface area contributed by atoms with E-state index in [1.807, 2.05) is 0 Å². The van der Waals surface area contributed by atoms with E-state index in [0.29, 0.717) is 0 Å². The Morgan fingerprint density at radius 3 is 2.72 bits per heavy atom. The van der Waals surface area contributed by atoms with Crippen LogP contribution in [-0.2, 0) is 6.42 Å². The van der Waals surface area contributed by atoms with Crippen LogP contribution < -0.4 is 4.74 Å². The van der Waals surface area contributed by atoms with Crippen molar-refractivity contribution < 1.29 is 4.74 Å². The predicted molar refractivity (Wildman–Crippen MR) is 76.3 cm³/mol. The van der Waals surface area contributed by atoms with Crippen LogP contribution in [0.2, 0.25) is 0 Å². The fourth-order valence-electron chi connectivity index (χ4n) is 2.56. The monoisotopic (exact) mass is 247 g/mol. The van der Waals surface area contributed by atoms with E-state index in [1.165, 1.54) is 43.5 Å². The Hall–Kier alpha value is -1.02. The number of hydrogen-bond donors (Lipinski definition) is 0. The average molecular weight is 247 g/mol. The molecule has 0 saturated carbocycles. The molecule has 0 unspecified atom stereocenters. The van der Waals surface area contributed by atoms with Crippen LogP contribution in [0.4, 0.5) is 0 Å². The third-order valence-corrected chi connectivity index (χ3v) is 3.61. The van der Waals surface area contributed by atoms with Gasteiger partial charge < -0.3 is 4.74 Å². The van der Waals surface area contributed by atoms with Gasteiger partial charge in [0.05, 0.1) is 0 Å². The first-order chi connectivity index (χ1) is 8.79. The topological polar surface area (TPSA) is 12.5 Å². The van der Waals surface area contributed by atoms with Gasteiger partial charge in [-0.05, 0) is 56.5 Å². The Morgan fingerprint density at radius 1 is 1.22 bits per heavy atom. The van der Waals surface area contributed by atoms with Crippen LogP contribution in [0.1, 0.15) is 37.3 Å². The van der Waals surface area contributed by atoms with Gasteiger partial charge in [0.2, 0.25) is 0 Å². The molecule has 1 aromatic carbocycles. The van der Waals surface area contributed by atoms with Gasteiger partial charge in [-0.3, -0.25) is 4.90 Å². The lowest BCUT2D eigenvalue weighted by molar-refractivity contribution is 0.236. The quantitative estimate of drug-likeness (QED) is 0.763. The van der Waals surface area contributed by atoms with Crippen molar-refractivity contribution in [1.29, 1.82) is 0 Å². The van der Waals surface area contributed by atoms with Gasteiger partial charge in [-0.1, -0.05) is 25.5 Å². The zero-order valence-electron chi connectivity index (χ0n) is 11.7. The van der Waals surface area contributed by atoms with Crippen LogP contribution >= 0.6 is 0 Å². The van der Waals surface area contributed by atoms with Crippen molar-refractivity contribution in [3.05, 3.63) is 29.3 Å². The largest absolute Gasteiger partial charge is 0.492 e. The fourth-order valence-corrected chi connectivity index (χ4v) is 2.56. The van der Waals surface area contributed by atoms with E-state index in [1.54, 1.807) is 0 Å². The lowest BCUT2D eigenvalue weighted by atomic mass is 10.1. The molecular weight excluding hydrogens is 222 g/mol. The van der Waals surface area contributed by atoms with Crippen LogP contribution in [-0.4, -0.2) is 31.1 Å². The molecule has 2 rings (SSSR count). The summed E-state index contributed by atoms with van der Waals surface area (Å²) < 4.78 is 5.99. The molecule has 1 aromatic rings. The van der Waals surface area contributed by atoms with Crippen LogP contribution in [0.15, 0.2) is 18.2 Å². The highest BCUT2D eigenvalue weighted by atomic mass is 16.5. The Labute approximate surface area is 111 Å². The van der Waals surface area contributed by atoms with E-state index in [2.05, 4.69) is 36.9 Å². The standard InChI is InChI=1S/C16H25NO/c1-3-6-15-8-7-14(2)13-16(15)18-12-11-17-9-4-5-10-17/h7-8,13H,3-6,9-12H2,1-2H3. The highest BCUT2D eigenvalue weighted by molar-refractivity contribution is 5.37. The summed E-state index contributed by atoms with van der Waals surface area (Å²) in [5, 5.41) is 0. The number of ether oxygens (including phenoxy) is 1. The van der Waals surface area contributed by atoms with Crippen LogP contribution in [0.5, 0.6) is 5.75 Å². The van der Waals surface area contributed by atoms with Crippen LogP contribution in [0.3, 0.4) is 0 Å². The van der Waals surface area contributed by atoms with E-state index >= 15 is 0 Å². The first kappa shape index (κ1) is 13.4. The molecule has 0 radical (unpaired) electrons. The Bertz CT molecular complexity index is 369. The molecule has 1 aliphatic heterocycles. The van der Waals surface area contributed by atoms with Crippen molar-refractivity contribution in [2.45, 2.75) is 39.5 Å². The van der Waals surface area contributed by atoms with Gasteiger partial charge in [0.25, 0.3) is 0 Å². The molecule has 0 spiro atoms. The molecule has 100 valence electrons. The zero-order chi connectivity index (χ0) is 12.8. The zero-order valence-corrected chi connectivity index (χ0v) is 11.7. The summed E-state index contributed by atoms with van der Waals surface area (Å²) in [6.07, 6.45) is 4.99. The van der Waals surface area contributed by atoms with Gasteiger partial charge in [0.15, 0.2) is 0 Å². The highest BCUT2D eigenvalue weighted by Gasteiger charge is 2.11. The number of benzene rings is 1. The second-order valence-corrected chi connectivity index (χ2v) is 5.26. The van der Waals surface area contributed by atoms with Gasteiger partial charge in [-0.2, -0.15) is 0 Å². The van der Waals surface area contributed by atoms with E-state index in [-0.39, 0.29) is 0 Å². The summed E-state index contributed by atoms with van der Waals surface area (Å²) in [4.78, 5) is 2.50.